The summed E-state index contributed by atoms with van der Waals surface area (Å²) in [5, 5.41) is 12.8. The molecule has 5 nitrogen and oxygen atoms in total. The molecule has 4 atom stereocenters. The zero-order valence-corrected chi connectivity index (χ0v) is 17.4. The number of aliphatic hydroxyl groups excluding tert-OH is 1. The average molecular weight is 404 g/mol. The first-order valence-electron chi connectivity index (χ1n) is 9.79. The van der Waals surface area contributed by atoms with E-state index in [4.69, 9.17) is 4.74 Å². The fourth-order valence-electron chi connectivity index (χ4n) is 3.98. The van der Waals surface area contributed by atoms with E-state index in [1.54, 1.807) is 13.0 Å². The van der Waals surface area contributed by atoms with Crippen molar-refractivity contribution in [3.8, 4) is 5.75 Å². The van der Waals surface area contributed by atoms with Gasteiger partial charge in [-0.05, 0) is 49.4 Å². The predicted molar refractivity (Wildman–Crippen MR) is 110 cm³/mol. The molecule has 0 spiro atoms. The van der Waals surface area contributed by atoms with Gasteiger partial charge in [-0.25, -0.2) is 8.42 Å². The predicted octanol–water partition coefficient (Wildman–Crippen LogP) is 3.47. The number of ether oxygens (including phenoxy) is 1. The van der Waals surface area contributed by atoms with Crippen molar-refractivity contribution < 1.29 is 18.3 Å². The first kappa shape index (κ1) is 20.8. The third-order valence-electron chi connectivity index (χ3n) is 5.51. The van der Waals surface area contributed by atoms with Crippen molar-refractivity contribution in [2.24, 2.45) is 0 Å². The molecular formula is C22H29NO4S. The highest BCUT2D eigenvalue weighted by molar-refractivity contribution is 7.92. The number of nitrogens with one attached hydrogen (secondary N) is 1. The Morgan fingerprint density at radius 3 is 2.50 bits per heavy atom. The van der Waals surface area contributed by atoms with Gasteiger partial charge in [0, 0.05) is 6.04 Å². The van der Waals surface area contributed by atoms with Gasteiger partial charge in [0.2, 0.25) is 0 Å². The molecule has 1 aliphatic heterocycles. The van der Waals surface area contributed by atoms with Crippen LogP contribution in [0, 0.1) is 0 Å². The van der Waals surface area contributed by atoms with Crippen molar-refractivity contribution >= 4 is 9.84 Å². The standard InChI is InChI=1S/C22H29NO4S/c1-4-19-20(13-10-15(2)24)28(25,26)21-14-17(27-3)11-12-18(21)22(23-19)16-8-6-5-7-9-16/h5-9,11-12,14-15,19-20,22-24H,4,10,13H2,1-3H3/t15?,19-,20-,22?/m1/s1. The van der Waals surface area contributed by atoms with E-state index in [1.807, 2.05) is 49.4 Å². The van der Waals surface area contributed by atoms with Crippen molar-refractivity contribution in [3.63, 3.8) is 0 Å². The summed E-state index contributed by atoms with van der Waals surface area (Å²) >= 11 is 0. The Kier molecular flexibility index (Phi) is 6.43. The number of methoxy groups -OCH3 is 1. The zero-order chi connectivity index (χ0) is 20.3. The van der Waals surface area contributed by atoms with Gasteiger partial charge < -0.3 is 15.2 Å². The monoisotopic (exact) mass is 403 g/mol. The summed E-state index contributed by atoms with van der Waals surface area (Å²) < 4.78 is 32.7. The van der Waals surface area contributed by atoms with Gasteiger partial charge in [0.1, 0.15) is 5.75 Å². The van der Waals surface area contributed by atoms with Gasteiger partial charge in [-0.1, -0.05) is 43.3 Å². The van der Waals surface area contributed by atoms with Gasteiger partial charge in [0.15, 0.2) is 9.84 Å². The van der Waals surface area contributed by atoms with E-state index in [0.717, 1.165) is 11.1 Å². The molecule has 1 aliphatic rings. The highest BCUT2D eigenvalue weighted by atomic mass is 32.2. The van der Waals surface area contributed by atoms with Crippen LogP contribution in [-0.2, 0) is 9.84 Å². The molecule has 2 unspecified atom stereocenters. The molecule has 0 aliphatic carbocycles. The quantitative estimate of drug-likeness (QED) is 0.772. The lowest BCUT2D eigenvalue weighted by Crippen LogP contribution is -2.43. The molecule has 0 saturated carbocycles. The highest BCUT2D eigenvalue weighted by Gasteiger charge is 2.41. The first-order valence-corrected chi connectivity index (χ1v) is 11.3. The lowest BCUT2D eigenvalue weighted by Gasteiger charge is -2.27. The minimum atomic E-state index is -3.60. The molecule has 0 radical (unpaired) electrons. The van der Waals surface area contributed by atoms with Gasteiger partial charge in [-0.2, -0.15) is 0 Å². The van der Waals surface area contributed by atoms with Crippen molar-refractivity contribution in [3.05, 3.63) is 59.7 Å². The van der Waals surface area contributed by atoms with Crippen molar-refractivity contribution in [1.82, 2.24) is 5.32 Å². The lowest BCUT2D eigenvalue weighted by molar-refractivity contribution is 0.179. The van der Waals surface area contributed by atoms with Crippen LogP contribution in [0.2, 0.25) is 0 Å². The SMILES string of the molecule is CC[C@H]1NC(c2ccccc2)c2ccc(OC)cc2S(=O)(=O)[C@@H]1CCC(C)O. The number of rotatable bonds is 6. The van der Waals surface area contributed by atoms with Crippen LogP contribution in [0.5, 0.6) is 5.75 Å². The van der Waals surface area contributed by atoms with E-state index < -0.39 is 21.2 Å². The molecule has 0 amide bonds. The van der Waals surface area contributed by atoms with Crippen LogP contribution < -0.4 is 10.1 Å². The second-order valence-electron chi connectivity index (χ2n) is 7.44. The fraction of sp³-hybridized carbons (Fsp3) is 0.455. The summed E-state index contributed by atoms with van der Waals surface area (Å²) in [5.74, 6) is 0.526. The molecule has 0 fully saturated rings. The van der Waals surface area contributed by atoms with Gasteiger partial charge in [0.05, 0.1) is 29.4 Å². The summed E-state index contributed by atoms with van der Waals surface area (Å²) in [6.45, 7) is 3.70. The lowest BCUT2D eigenvalue weighted by atomic mass is 9.96. The number of aliphatic hydroxyl groups is 1. The van der Waals surface area contributed by atoms with Gasteiger partial charge in [-0.3, -0.25) is 0 Å². The average Bonchev–Trinajstić information content (AvgIpc) is 2.79. The largest absolute Gasteiger partial charge is 0.497 e. The molecule has 28 heavy (non-hydrogen) atoms. The fourth-order valence-corrected chi connectivity index (χ4v) is 6.25. The summed E-state index contributed by atoms with van der Waals surface area (Å²) in [6.07, 6.45) is 0.991. The highest BCUT2D eigenvalue weighted by Crippen LogP contribution is 2.38. The maximum atomic E-state index is 13.7. The number of fused-ring (bicyclic) bond motifs is 1. The summed E-state index contributed by atoms with van der Waals surface area (Å²) in [4.78, 5) is 0.319. The van der Waals surface area contributed by atoms with E-state index in [9.17, 15) is 13.5 Å². The van der Waals surface area contributed by atoms with E-state index in [0.29, 0.717) is 29.9 Å². The van der Waals surface area contributed by atoms with Gasteiger partial charge in [-0.15, -0.1) is 0 Å². The molecule has 2 aromatic rings. The maximum absolute atomic E-state index is 13.7. The minimum absolute atomic E-state index is 0.215. The van der Waals surface area contributed by atoms with Crippen LogP contribution in [0.3, 0.4) is 0 Å². The van der Waals surface area contributed by atoms with Gasteiger partial charge in [0.25, 0.3) is 0 Å². The normalized spacial score (nSPS) is 24.8. The van der Waals surface area contributed by atoms with Gasteiger partial charge >= 0.3 is 0 Å². The maximum Gasteiger partial charge on any atom is 0.183 e. The Hall–Kier alpha value is -1.89. The molecule has 0 saturated heterocycles. The second kappa shape index (κ2) is 8.64. The second-order valence-corrected chi connectivity index (χ2v) is 9.57. The molecule has 152 valence electrons. The Bertz CT molecular complexity index is 896. The van der Waals surface area contributed by atoms with Crippen LogP contribution in [0.25, 0.3) is 0 Å². The Labute approximate surface area is 167 Å². The third-order valence-corrected chi connectivity index (χ3v) is 7.84. The van der Waals surface area contributed by atoms with E-state index >= 15 is 0 Å². The summed E-state index contributed by atoms with van der Waals surface area (Å²) in [7, 11) is -2.06. The molecule has 0 aromatic heterocycles. The van der Waals surface area contributed by atoms with Crippen molar-refractivity contribution in [2.45, 2.75) is 61.4 Å². The molecule has 2 aromatic carbocycles. The number of hydrogen-bond acceptors (Lipinski definition) is 5. The molecule has 2 N–H and O–H groups in total. The van der Waals surface area contributed by atoms with Crippen LogP contribution in [-0.4, -0.2) is 38.0 Å². The van der Waals surface area contributed by atoms with Crippen LogP contribution >= 0.6 is 0 Å². The molecule has 3 rings (SSSR count). The van der Waals surface area contributed by atoms with Crippen molar-refractivity contribution in [1.29, 1.82) is 0 Å². The number of hydrogen-bond donors (Lipinski definition) is 2. The molecule has 0 bridgehead atoms. The van der Waals surface area contributed by atoms with E-state index in [-0.39, 0.29) is 12.1 Å². The summed E-state index contributed by atoms with van der Waals surface area (Å²) in [5.41, 5.74) is 1.77. The summed E-state index contributed by atoms with van der Waals surface area (Å²) in [6, 6.07) is 14.8. The Morgan fingerprint density at radius 1 is 1.18 bits per heavy atom. The van der Waals surface area contributed by atoms with Crippen LogP contribution in [0.1, 0.15) is 50.3 Å². The van der Waals surface area contributed by atoms with Crippen LogP contribution in [0.15, 0.2) is 53.4 Å². The number of sulfone groups is 1. The first-order chi connectivity index (χ1) is 13.4. The van der Waals surface area contributed by atoms with Crippen molar-refractivity contribution in [2.75, 3.05) is 7.11 Å². The zero-order valence-electron chi connectivity index (χ0n) is 16.6. The number of benzene rings is 2. The van der Waals surface area contributed by atoms with E-state index in [2.05, 4.69) is 5.32 Å². The third kappa shape index (κ3) is 4.09. The molecule has 1 heterocycles. The Balaban J connectivity index is 2.18. The minimum Gasteiger partial charge on any atom is -0.497 e. The smallest absolute Gasteiger partial charge is 0.183 e. The Morgan fingerprint density at radius 2 is 1.89 bits per heavy atom. The molecule has 6 heteroatoms. The van der Waals surface area contributed by atoms with Crippen LogP contribution in [0.4, 0.5) is 0 Å². The topological polar surface area (TPSA) is 75.6 Å². The molecular weight excluding hydrogens is 374 g/mol. The van der Waals surface area contributed by atoms with E-state index in [1.165, 1.54) is 7.11 Å².